The molecule has 156 valence electrons. The van der Waals surface area contributed by atoms with E-state index in [-0.39, 0.29) is 15.4 Å². The third kappa shape index (κ3) is 5.02. The fourth-order valence-corrected chi connectivity index (χ4v) is 5.13. The molecule has 1 saturated heterocycles. The number of hydrogen-bond donors (Lipinski definition) is 2. The molecule has 3 N–H and O–H groups in total. The molecule has 0 spiro atoms. The minimum Gasteiger partial charge on any atom is -0.322 e. The number of nitrogens with one attached hydrogen (secondary N) is 1. The van der Waals surface area contributed by atoms with Gasteiger partial charge in [-0.05, 0) is 61.2 Å². The summed E-state index contributed by atoms with van der Waals surface area (Å²) in [6, 6.07) is 11.3. The van der Waals surface area contributed by atoms with Crippen LogP contribution in [0.25, 0.3) is 0 Å². The van der Waals surface area contributed by atoms with E-state index in [1.165, 1.54) is 52.8 Å². The molecule has 1 fully saturated rings. The summed E-state index contributed by atoms with van der Waals surface area (Å²) >= 11 is 0. The molecular weight excluding hydrogens is 414 g/mol. The molecule has 8 nitrogen and oxygen atoms in total. The Bertz CT molecular complexity index is 1100. The Kier molecular flexibility index (Phi) is 6.08. The first-order valence-electron chi connectivity index (χ1n) is 9.12. The van der Waals surface area contributed by atoms with Crippen molar-refractivity contribution in [2.45, 2.75) is 29.6 Å². The summed E-state index contributed by atoms with van der Waals surface area (Å²) in [7, 11) is -7.48. The van der Waals surface area contributed by atoms with E-state index in [0.717, 1.165) is 12.8 Å². The summed E-state index contributed by atoms with van der Waals surface area (Å²) in [4.78, 5) is 12.4. The van der Waals surface area contributed by atoms with Gasteiger partial charge in [-0.2, -0.15) is 4.31 Å². The van der Waals surface area contributed by atoms with Gasteiger partial charge < -0.3 is 5.32 Å². The Morgan fingerprint density at radius 1 is 1.00 bits per heavy atom. The van der Waals surface area contributed by atoms with Crippen molar-refractivity contribution in [2.75, 3.05) is 18.4 Å². The van der Waals surface area contributed by atoms with Gasteiger partial charge in [-0.15, -0.1) is 0 Å². The Balaban J connectivity index is 1.73. The third-order valence-electron chi connectivity index (χ3n) is 4.92. The van der Waals surface area contributed by atoms with Crippen molar-refractivity contribution in [1.82, 2.24) is 4.31 Å². The molecule has 0 aromatic heterocycles. The van der Waals surface area contributed by atoms with E-state index in [4.69, 9.17) is 5.14 Å². The zero-order chi connectivity index (χ0) is 21.2. The van der Waals surface area contributed by atoms with Gasteiger partial charge in [0.05, 0.1) is 9.79 Å². The van der Waals surface area contributed by atoms with Gasteiger partial charge in [-0.1, -0.05) is 13.0 Å². The van der Waals surface area contributed by atoms with Crippen LogP contribution < -0.4 is 10.5 Å². The number of benzene rings is 2. The summed E-state index contributed by atoms with van der Waals surface area (Å²) in [6.07, 6.45) is 1.68. The minimum absolute atomic E-state index is 0.121. The van der Waals surface area contributed by atoms with Crippen LogP contribution in [0.2, 0.25) is 0 Å². The van der Waals surface area contributed by atoms with Gasteiger partial charge in [0, 0.05) is 24.3 Å². The summed E-state index contributed by atoms with van der Waals surface area (Å²) < 4.78 is 49.8. The van der Waals surface area contributed by atoms with Crippen molar-refractivity contribution in [2.24, 2.45) is 11.1 Å². The largest absolute Gasteiger partial charge is 0.322 e. The standard InChI is InChI=1S/C19H23N3O5S2/c1-14-9-11-22(12-10-14)29(26,27)17-7-5-16(6-8-17)21-19(23)15-3-2-4-18(13-15)28(20,24)25/h2-8,13-14H,9-12H2,1H3,(H,21,23)(H2,20,24,25). The molecule has 29 heavy (non-hydrogen) atoms. The quantitative estimate of drug-likeness (QED) is 0.740. The molecular formula is C19H23N3O5S2. The topological polar surface area (TPSA) is 127 Å². The predicted octanol–water partition coefficient (Wildman–Crippen LogP) is 2.01. The molecule has 0 aliphatic carbocycles. The van der Waals surface area contributed by atoms with Crippen LogP contribution in [0.3, 0.4) is 0 Å². The van der Waals surface area contributed by atoms with Gasteiger partial charge in [0.2, 0.25) is 20.0 Å². The van der Waals surface area contributed by atoms with Crippen LogP contribution in [0.5, 0.6) is 0 Å². The predicted molar refractivity (Wildman–Crippen MR) is 109 cm³/mol. The summed E-state index contributed by atoms with van der Waals surface area (Å²) in [5, 5.41) is 7.70. The average Bonchev–Trinajstić information content (AvgIpc) is 2.68. The molecule has 2 aromatic rings. The highest BCUT2D eigenvalue weighted by atomic mass is 32.2. The van der Waals surface area contributed by atoms with E-state index in [9.17, 15) is 21.6 Å². The molecule has 1 amide bonds. The van der Waals surface area contributed by atoms with Gasteiger partial charge in [0.1, 0.15) is 0 Å². The second-order valence-electron chi connectivity index (χ2n) is 7.14. The maximum atomic E-state index is 12.8. The molecule has 10 heteroatoms. The van der Waals surface area contributed by atoms with Gasteiger partial charge in [0.15, 0.2) is 0 Å². The van der Waals surface area contributed by atoms with Gasteiger partial charge in [-0.3, -0.25) is 4.79 Å². The van der Waals surface area contributed by atoms with E-state index >= 15 is 0 Å². The first-order chi connectivity index (χ1) is 13.6. The number of nitrogens with zero attached hydrogens (tertiary/aromatic N) is 1. The van der Waals surface area contributed by atoms with E-state index in [2.05, 4.69) is 12.2 Å². The lowest BCUT2D eigenvalue weighted by atomic mass is 10.0. The van der Waals surface area contributed by atoms with Gasteiger partial charge in [-0.25, -0.2) is 22.0 Å². The van der Waals surface area contributed by atoms with Crippen molar-refractivity contribution in [3.63, 3.8) is 0 Å². The highest BCUT2D eigenvalue weighted by molar-refractivity contribution is 7.89. The normalized spacial score (nSPS) is 16.5. The van der Waals surface area contributed by atoms with E-state index in [1.54, 1.807) is 0 Å². The summed E-state index contributed by atoms with van der Waals surface area (Å²) in [5.41, 5.74) is 0.512. The van der Waals surface area contributed by atoms with Crippen molar-refractivity contribution in [3.05, 3.63) is 54.1 Å². The SMILES string of the molecule is CC1CCN(S(=O)(=O)c2ccc(NC(=O)c3cccc(S(N)(=O)=O)c3)cc2)CC1. The van der Waals surface area contributed by atoms with Crippen molar-refractivity contribution >= 4 is 31.6 Å². The second-order valence-corrected chi connectivity index (χ2v) is 10.6. The maximum absolute atomic E-state index is 12.8. The van der Waals surface area contributed by atoms with Crippen LogP contribution in [0.4, 0.5) is 5.69 Å². The molecule has 3 rings (SSSR count). The molecule has 0 radical (unpaired) electrons. The molecule has 0 atom stereocenters. The fraction of sp³-hybridized carbons (Fsp3) is 0.316. The molecule has 1 heterocycles. The lowest BCUT2D eigenvalue weighted by Crippen LogP contribution is -2.37. The Labute approximate surface area is 170 Å². The number of rotatable bonds is 5. The Morgan fingerprint density at radius 2 is 1.62 bits per heavy atom. The first-order valence-corrected chi connectivity index (χ1v) is 12.1. The van der Waals surface area contributed by atoms with Gasteiger partial charge in [0.25, 0.3) is 5.91 Å². The molecule has 0 bridgehead atoms. The van der Waals surface area contributed by atoms with E-state index in [0.29, 0.717) is 24.7 Å². The second kappa shape index (κ2) is 8.23. The fourth-order valence-electron chi connectivity index (χ4n) is 3.10. The first kappa shape index (κ1) is 21.4. The van der Waals surface area contributed by atoms with Crippen LogP contribution >= 0.6 is 0 Å². The van der Waals surface area contributed by atoms with Crippen LogP contribution in [-0.2, 0) is 20.0 Å². The number of carbonyl (C=O) groups excluding carboxylic acids is 1. The highest BCUT2D eigenvalue weighted by Crippen LogP contribution is 2.24. The highest BCUT2D eigenvalue weighted by Gasteiger charge is 2.27. The molecule has 0 unspecified atom stereocenters. The zero-order valence-corrected chi connectivity index (χ0v) is 17.5. The number of primary sulfonamides is 1. The third-order valence-corrected chi connectivity index (χ3v) is 7.74. The Hall–Kier alpha value is -2.27. The van der Waals surface area contributed by atoms with Crippen molar-refractivity contribution in [1.29, 1.82) is 0 Å². The number of amides is 1. The molecule has 2 aromatic carbocycles. The maximum Gasteiger partial charge on any atom is 0.255 e. The number of hydrogen-bond acceptors (Lipinski definition) is 5. The number of nitrogens with two attached hydrogens (primary N) is 1. The van der Waals surface area contributed by atoms with E-state index < -0.39 is 26.0 Å². The average molecular weight is 438 g/mol. The van der Waals surface area contributed by atoms with Crippen LogP contribution in [0, 0.1) is 5.92 Å². The minimum atomic E-state index is -3.92. The lowest BCUT2D eigenvalue weighted by Gasteiger charge is -2.29. The molecule has 0 saturated carbocycles. The van der Waals surface area contributed by atoms with Crippen molar-refractivity contribution < 1.29 is 21.6 Å². The molecule has 1 aliphatic heterocycles. The Morgan fingerprint density at radius 3 is 2.21 bits per heavy atom. The number of sulfonamides is 2. The summed E-state index contributed by atoms with van der Waals surface area (Å²) in [5.74, 6) is -0.0112. The van der Waals surface area contributed by atoms with E-state index in [1.807, 2.05) is 0 Å². The van der Waals surface area contributed by atoms with Crippen LogP contribution in [0.1, 0.15) is 30.1 Å². The number of anilines is 1. The zero-order valence-electron chi connectivity index (χ0n) is 15.9. The number of piperidine rings is 1. The number of carbonyl (C=O) groups is 1. The molecule has 1 aliphatic rings. The smallest absolute Gasteiger partial charge is 0.255 e. The van der Waals surface area contributed by atoms with Crippen molar-refractivity contribution in [3.8, 4) is 0 Å². The van der Waals surface area contributed by atoms with Crippen LogP contribution in [-0.4, -0.2) is 40.1 Å². The van der Waals surface area contributed by atoms with Crippen LogP contribution in [0.15, 0.2) is 58.3 Å². The summed E-state index contributed by atoms with van der Waals surface area (Å²) in [6.45, 7) is 3.12. The van der Waals surface area contributed by atoms with Gasteiger partial charge >= 0.3 is 0 Å². The lowest BCUT2D eigenvalue weighted by molar-refractivity contribution is 0.102. The monoisotopic (exact) mass is 437 g/mol.